The Bertz CT molecular complexity index is 1200. The molecular formula is C24H25Cl2N5. The molecule has 5 rings (SSSR count). The van der Waals surface area contributed by atoms with Crippen LogP contribution in [0, 0.1) is 5.92 Å². The van der Waals surface area contributed by atoms with Crippen LogP contribution in [0.25, 0.3) is 33.2 Å². The standard InChI is InChI=1S/C24H24ClN5.ClH/c25-17-7-5-16(6-8-17)22-23(26)20(28-14-15-9-11-27-12-10-15)13-21-24(22)30-19-4-2-1-3-18(19)29-21;/h1-8,13,15,27-28H,9-12,14,26H2;1H. The molecular weight excluding hydrogens is 429 g/mol. The van der Waals surface area contributed by atoms with Crippen LogP contribution in [0.4, 0.5) is 11.4 Å². The van der Waals surface area contributed by atoms with Gasteiger partial charge in [0.1, 0.15) is 0 Å². The Labute approximate surface area is 192 Å². The summed E-state index contributed by atoms with van der Waals surface area (Å²) in [5.74, 6) is 0.642. The topological polar surface area (TPSA) is 75.9 Å². The van der Waals surface area contributed by atoms with Gasteiger partial charge in [-0.25, -0.2) is 9.97 Å². The number of benzene rings is 3. The third kappa shape index (κ3) is 4.40. The highest BCUT2D eigenvalue weighted by Gasteiger charge is 2.18. The number of anilines is 2. The van der Waals surface area contributed by atoms with E-state index in [9.17, 15) is 0 Å². The highest BCUT2D eigenvalue weighted by Crippen LogP contribution is 2.39. The molecule has 160 valence electrons. The lowest BCUT2D eigenvalue weighted by Crippen LogP contribution is -2.31. The molecule has 0 aliphatic carbocycles. The van der Waals surface area contributed by atoms with Crippen molar-refractivity contribution in [2.45, 2.75) is 12.8 Å². The number of para-hydroxylation sites is 2. The van der Waals surface area contributed by atoms with Crippen molar-refractivity contribution in [3.05, 3.63) is 59.6 Å². The van der Waals surface area contributed by atoms with E-state index >= 15 is 0 Å². The van der Waals surface area contributed by atoms with Crippen LogP contribution in [-0.4, -0.2) is 29.6 Å². The number of nitrogens with one attached hydrogen (secondary N) is 2. The molecule has 4 aromatic rings. The SMILES string of the molecule is Cl.Nc1c(NCC2CCNCC2)cc2nc3ccccc3nc2c1-c1ccc(Cl)cc1. The summed E-state index contributed by atoms with van der Waals surface area (Å²) in [4.78, 5) is 9.80. The van der Waals surface area contributed by atoms with E-state index in [1.807, 2.05) is 54.6 Å². The van der Waals surface area contributed by atoms with E-state index in [1.165, 1.54) is 12.8 Å². The van der Waals surface area contributed by atoms with Crippen molar-refractivity contribution in [2.75, 3.05) is 30.7 Å². The molecule has 0 atom stereocenters. The van der Waals surface area contributed by atoms with Crippen LogP contribution in [0.1, 0.15) is 12.8 Å². The van der Waals surface area contributed by atoms with Crippen LogP contribution in [0.3, 0.4) is 0 Å². The van der Waals surface area contributed by atoms with Gasteiger partial charge >= 0.3 is 0 Å². The minimum atomic E-state index is 0. The smallest absolute Gasteiger partial charge is 0.0995 e. The highest BCUT2D eigenvalue weighted by atomic mass is 35.5. The number of nitrogen functional groups attached to an aromatic ring is 1. The fourth-order valence-corrected chi connectivity index (χ4v) is 4.30. The molecule has 7 heteroatoms. The molecule has 4 N–H and O–H groups in total. The van der Waals surface area contributed by atoms with E-state index < -0.39 is 0 Å². The quantitative estimate of drug-likeness (QED) is 0.280. The summed E-state index contributed by atoms with van der Waals surface area (Å²) in [5, 5.41) is 7.71. The van der Waals surface area contributed by atoms with Crippen LogP contribution in [0.15, 0.2) is 54.6 Å². The lowest BCUT2D eigenvalue weighted by Gasteiger charge is -2.24. The summed E-state index contributed by atoms with van der Waals surface area (Å²) in [6, 6.07) is 17.7. The number of halogens is 2. The summed E-state index contributed by atoms with van der Waals surface area (Å²) in [6.45, 7) is 3.05. The maximum absolute atomic E-state index is 6.70. The number of nitrogens with zero attached hydrogens (tertiary/aromatic N) is 2. The molecule has 0 unspecified atom stereocenters. The average molecular weight is 454 g/mol. The first kappa shape index (κ1) is 21.6. The van der Waals surface area contributed by atoms with E-state index in [0.717, 1.165) is 58.5 Å². The Morgan fingerprint density at radius 3 is 2.35 bits per heavy atom. The maximum Gasteiger partial charge on any atom is 0.0995 e. The number of rotatable bonds is 4. The van der Waals surface area contributed by atoms with Gasteiger partial charge in [-0.05, 0) is 67.7 Å². The van der Waals surface area contributed by atoms with E-state index in [1.54, 1.807) is 0 Å². The minimum absolute atomic E-state index is 0. The van der Waals surface area contributed by atoms with Crippen molar-refractivity contribution >= 4 is 57.4 Å². The summed E-state index contributed by atoms with van der Waals surface area (Å²) >= 11 is 6.13. The molecule has 0 saturated carbocycles. The summed E-state index contributed by atoms with van der Waals surface area (Å²) in [6.07, 6.45) is 2.35. The zero-order valence-electron chi connectivity index (χ0n) is 17.1. The zero-order valence-corrected chi connectivity index (χ0v) is 18.6. The fourth-order valence-electron chi connectivity index (χ4n) is 4.17. The van der Waals surface area contributed by atoms with Gasteiger partial charge in [-0.15, -0.1) is 12.4 Å². The first-order valence-corrected chi connectivity index (χ1v) is 10.8. The Morgan fingerprint density at radius 1 is 0.968 bits per heavy atom. The van der Waals surface area contributed by atoms with Gasteiger partial charge in [0, 0.05) is 17.1 Å². The molecule has 1 fully saturated rings. The first-order valence-electron chi connectivity index (χ1n) is 10.4. The van der Waals surface area contributed by atoms with Gasteiger partial charge in [0.15, 0.2) is 0 Å². The lowest BCUT2D eigenvalue weighted by molar-refractivity contribution is 0.390. The molecule has 2 heterocycles. The predicted molar refractivity (Wildman–Crippen MR) is 133 cm³/mol. The number of hydrogen-bond donors (Lipinski definition) is 3. The molecule has 1 aliphatic heterocycles. The number of aromatic nitrogens is 2. The van der Waals surface area contributed by atoms with Gasteiger partial charge in [0.25, 0.3) is 0 Å². The Morgan fingerprint density at radius 2 is 1.65 bits per heavy atom. The third-order valence-electron chi connectivity index (χ3n) is 5.85. The van der Waals surface area contributed by atoms with E-state index in [4.69, 9.17) is 27.3 Å². The van der Waals surface area contributed by atoms with E-state index in [-0.39, 0.29) is 12.4 Å². The van der Waals surface area contributed by atoms with Crippen LogP contribution in [-0.2, 0) is 0 Å². The van der Waals surface area contributed by atoms with Gasteiger partial charge < -0.3 is 16.4 Å². The van der Waals surface area contributed by atoms with Crippen LogP contribution in [0.5, 0.6) is 0 Å². The largest absolute Gasteiger partial charge is 0.396 e. The molecule has 1 saturated heterocycles. The van der Waals surface area contributed by atoms with Crippen LogP contribution < -0.4 is 16.4 Å². The van der Waals surface area contributed by atoms with E-state index in [2.05, 4.69) is 10.6 Å². The molecule has 0 spiro atoms. The zero-order chi connectivity index (χ0) is 20.5. The van der Waals surface area contributed by atoms with Crippen molar-refractivity contribution in [3.8, 4) is 11.1 Å². The Balaban J connectivity index is 0.00000231. The average Bonchev–Trinajstić information content (AvgIpc) is 2.78. The molecule has 5 nitrogen and oxygen atoms in total. The van der Waals surface area contributed by atoms with Gasteiger partial charge in [-0.2, -0.15) is 0 Å². The molecule has 0 amide bonds. The molecule has 0 bridgehead atoms. The summed E-state index contributed by atoms with van der Waals surface area (Å²) in [5.41, 5.74) is 13.6. The first-order chi connectivity index (χ1) is 14.7. The summed E-state index contributed by atoms with van der Waals surface area (Å²) in [7, 11) is 0. The molecule has 3 aromatic carbocycles. The molecule has 1 aromatic heterocycles. The van der Waals surface area contributed by atoms with Crippen molar-refractivity contribution in [3.63, 3.8) is 0 Å². The van der Waals surface area contributed by atoms with Gasteiger partial charge in [0.05, 0.1) is 33.4 Å². The van der Waals surface area contributed by atoms with Crippen molar-refractivity contribution in [2.24, 2.45) is 5.92 Å². The number of fused-ring (bicyclic) bond motifs is 2. The Hall–Kier alpha value is -2.60. The normalized spacial score (nSPS) is 14.5. The minimum Gasteiger partial charge on any atom is -0.396 e. The molecule has 1 aliphatic rings. The number of hydrogen-bond acceptors (Lipinski definition) is 5. The van der Waals surface area contributed by atoms with Crippen molar-refractivity contribution in [1.29, 1.82) is 0 Å². The fraction of sp³-hybridized carbons (Fsp3) is 0.250. The van der Waals surface area contributed by atoms with Crippen molar-refractivity contribution in [1.82, 2.24) is 15.3 Å². The second-order valence-electron chi connectivity index (χ2n) is 7.87. The second kappa shape index (κ2) is 9.27. The van der Waals surface area contributed by atoms with Crippen LogP contribution >= 0.6 is 24.0 Å². The Kier molecular flexibility index (Phi) is 6.46. The maximum atomic E-state index is 6.70. The molecule has 31 heavy (non-hydrogen) atoms. The number of nitrogens with two attached hydrogens (primary N) is 1. The third-order valence-corrected chi connectivity index (χ3v) is 6.10. The highest BCUT2D eigenvalue weighted by molar-refractivity contribution is 6.30. The molecule has 0 radical (unpaired) electrons. The number of piperidine rings is 1. The monoisotopic (exact) mass is 453 g/mol. The summed E-state index contributed by atoms with van der Waals surface area (Å²) < 4.78 is 0. The predicted octanol–water partition coefficient (Wildman–Crippen LogP) is 5.52. The van der Waals surface area contributed by atoms with Gasteiger partial charge in [-0.3, -0.25) is 0 Å². The van der Waals surface area contributed by atoms with Gasteiger partial charge in [0.2, 0.25) is 0 Å². The lowest BCUT2D eigenvalue weighted by atomic mass is 9.97. The second-order valence-corrected chi connectivity index (χ2v) is 8.31. The van der Waals surface area contributed by atoms with Crippen LogP contribution in [0.2, 0.25) is 5.02 Å². The van der Waals surface area contributed by atoms with Crippen molar-refractivity contribution < 1.29 is 0 Å². The van der Waals surface area contributed by atoms with Gasteiger partial charge in [-0.1, -0.05) is 35.9 Å². The van der Waals surface area contributed by atoms with E-state index in [0.29, 0.717) is 16.6 Å².